The molecule has 20 heavy (non-hydrogen) atoms. The Hall–Kier alpha value is -1.10. The first-order valence-electron chi connectivity index (χ1n) is 7.49. The second-order valence-corrected chi connectivity index (χ2v) is 6.74. The zero-order valence-corrected chi connectivity index (χ0v) is 12.6. The number of amides is 1. The van der Waals surface area contributed by atoms with E-state index in [0.29, 0.717) is 25.9 Å². The maximum absolute atomic E-state index is 12.7. The Kier molecular flexibility index (Phi) is 4.37. The quantitative estimate of drug-likeness (QED) is 0.840. The minimum Gasteiger partial charge on any atom is -0.481 e. The highest BCUT2D eigenvalue weighted by molar-refractivity contribution is 5.85. The van der Waals surface area contributed by atoms with Crippen molar-refractivity contribution >= 4 is 11.9 Å². The van der Waals surface area contributed by atoms with E-state index >= 15 is 0 Å². The van der Waals surface area contributed by atoms with Gasteiger partial charge in [0, 0.05) is 13.1 Å². The van der Waals surface area contributed by atoms with E-state index in [1.807, 2.05) is 20.8 Å². The van der Waals surface area contributed by atoms with Gasteiger partial charge in [0.2, 0.25) is 5.91 Å². The van der Waals surface area contributed by atoms with Crippen molar-refractivity contribution in [3.05, 3.63) is 0 Å². The summed E-state index contributed by atoms with van der Waals surface area (Å²) >= 11 is 0. The van der Waals surface area contributed by atoms with Crippen LogP contribution in [0.1, 0.15) is 46.5 Å². The highest BCUT2D eigenvalue weighted by atomic mass is 16.5. The molecule has 0 aromatic rings. The molecule has 1 aliphatic carbocycles. The van der Waals surface area contributed by atoms with Gasteiger partial charge >= 0.3 is 5.97 Å². The number of aliphatic carboxylic acids is 1. The van der Waals surface area contributed by atoms with Crippen molar-refractivity contribution in [3.63, 3.8) is 0 Å². The number of carbonyl (C=O) groups excluding carboxylic acids is 1. The molecule has 0 aromatic carbocycles. The van der Waals surface area contributed by atoms with Gasteiger partial charge in [0.05, 0.1) is 23.5 Å². The van der Waals surface area contributed by atoms with E-state index in [1.165, 1.54) is 0 Å². The Bertz CT molecular complexity index is 393. The fourth-order valence-electron chi connectivity index (χ4n) is 3.58. The number of carboxylic acids is 1. The Morgan fingerprint density at radius 1 is 1.20 bits per heavy atom. The molecule has 2 aliphatic rings. The monoisotopic (exact) mass is 283 g/mol. The molecule has 1 N–H and O–H groups in total. The van der Waals surface area contributed by atoms with Gasteiger partial charge < -0.3 is 14.7 Å². The lowest BCUT2D eigenvalue weighted by Crippen LogP contribution is -2.56. The smallest absolute Gasteiger partial charge is 0.307 e. The third kappa shape index (κ3) is 3.32. The third-order valence-electron chi connectivity index (χ3n) is 4.28. The predicted molar refractivity (Wildman–Crippen MR) is 74.3 cm³/mol. The molecule has 2 fully saturated rings. The summed E-state index contributed by atoms with van der Waals surface area (Å²) in [6.45, 7) is 7.00. The summed E-state index contributed by atoms with van der Waals surface area (Å²) in [6, 6.07) is 0. The number of hydrogen-bond acceptors (Lipinski definition) is 3. The number of carboxylic acid groups (broad SMARTS) is 1. The van der Waals surface area contributed by atoms with Gasteiger partial charge in [0.1, 0.15) is 0 Å². The Labute approximate surface area is 120 Å². The predicted octanol–water partition coefficient (Wildman–Crippen LogP) is 1.90. The van der Waals surface area contributed by atoms with Crippen LogP contribution >= 0.6 is 0 Å². The normalized spacial score (nSPS) is 33.8. The summed E-state index contributed by atoms with van der Waals surface area (Å²) in [5.41, 5.74) is -0.360. The maximum Gasteiger partial charge on any atom is 0.307 e. The molecule has 1 aliphatic heterocycles. The minimum absolute atomic E-state index is 0.000301. The summed E-state index contributed by atoms with van der Waals surface area (Å²) in [5.74, 6) is -1.70. The van der Waals surface area contributed by atoms with Gasteiger partial charge in [0.15, 0.2) is 0 Å². The molecule has 3 unspecified atom stereocenters. The second-order valence-electron chi connectivity index (χ2n) is 6.74. The van der Waals surface area contributed by atoms with Crippen molar-refractivity contribution < 1.29 is 19.4 Å². The summed E-state index contributed by atoms with van der Waals surface area (Å²) in [7, 11) is 0. The molecule has 1 saturated carbocycles. The minimum atomic E-state index is -0.830. The molecule has 114 valence electrons. The summed E-state index contributed by atoms with van der Waals surface area (Å²) in [6.07, 6.45) is 3.17. The van der Waals surface area contributed by atoms with E-state index in [0.717, 1.165) is 12.8 Å². The SMILES string of the molecule is CC1CN(C(=O)C2CCCCC2C(=O)O)CC(C)(C)O1. The third-order valence-corrected chi connectivity index (χ3v) is 4.28. The van der Waals surface area contributed by atoms with Crippen molar-refractivity contribution in [2.24, 2.45) is 11.8 Å². The van der Waals surface area contributed by atoms with Crippen LogP contribution in [0.15, 0.2) is 0 Å². The van der Waals surface area contributed by atoms with Gasteiger partial charge in [0.25, 0.3) is 0 Å². The van der Waals surface area contributed by atoms with Crippen molar-refractivity contribution in [1.82, 2.24) is 4.90 Å². The molecule has 0 spiro atoms. The van der Waals surface area contributed by atoms with Crippen molar-refractivity contribution in [2.75, 3.05) is 13.1 Å². The van der Waals surface area contributed by atoms with Crippen LogP contribution in [0.4, 0.5) is 0 Å². The Morgan fingerprint density at radius 3 is 2.35 bits per heavy atom. The summed E-state index contributed by atoms with van der Waals surface area (Å²) < 4.78 is 5.81. The van der Waals surface area contributed by atoms with Crippen LogP contribution in [0.5, 0.6) is 0 Å². The van der Waals surface area contributed by atoms with Crippen LogP contribution in [0, 0.1) is 11.8 Å². The fourth-order valence-corrected chi connectivity index (χ4v) is 3.58. The van der Waals surface area contributed by atoms with E-state index in [1.54, 1.807) is 4.90 Å². The highest BCUT2D eigenvalue weighted by Gasteiger charge is 2.41. The molecule has 3 atom stereocenters. The number of rotatable bonds is 2. The largest absolute Gasteiger partial charge is 0.481 e. The molecule has 1 heterocycles. The molecule has 5 heteroatoms. The molecule has 1 saturated heterocycles. The standard InChI is InChI=1S/C15H25NO4/c1-10-8-16(9-15(2,3)20-10)13(17)11-6-4-5-7-12(11)14(18)19/h10-12H,4-9H2,1-3H3,(H,18,19). The molecule has 1 amide bonds. The number of hydrogen-bond donors (Lipinski definition) is 1. The van der Waals surface area contributed by atoms with E-state index in [-0.39, 0.29) is 23.5 Å². The molecule has 5 nitrogen and oxygen atoms in total. The van der Waals surface area contributed by atoms with Gasteiger partial charge in [-0.05, 0) is 33.6 Å². The Balaban J connectivity index is 2.10. The van der Waals surface area contributed by atoms with E-state index in [9.17, 15) is 14.7 Å². The van der Waals surface area contributed by atoms with Gasteiger partial charge in [-0.25, -0.2) is 0 Å². The van der Waals surface area contributed by atoms with E-state index in [2.05, 4.69) is 0 Å². The van der Waals surface area contributed by atoms with Gasteiger partial charge in [-0.2, -0.15) is 0 Å². The molecule has 0 radical (unpaired) electrons. The first-order chi connectivity index (χ1) is 9.30. The first-order valence-corrected chi connectivity index (χ1v) is 7.49. The topological polar surface area (TPSA) is 66.8 Å². The number of carbonyl (C=O) groups is 2. The van der Waals surface area contributed by atoms with Crippen molar-refractivity contribution in [3.8, 4) is 0 Å². The van der Waals surface area contributed by atoms with Gasteiger partial charge in [-0.15, -0.1) is 0 Å². The average Bonchev–Trinajstić information content (AvgIpc) is 2.35. The molecule has 2 rings (SSSR count). The van der Waals surface area contributed by atoms with Crippen LogP contribution in [-0.4, -0.2) is 46.7 Å². The summed E-state index contributed by atoms with van der Waals surface area (Å²) in [4.78, 5) is 25.9. The van der Waals surface area contributed by atoms with E-state index < -0.39 is 11.9 Å². The number of morpholine rings is 1. The fraction of sp³-hybridized carbons (Fsp3) is 0.867. The van der Waals surface area contributed by atoms with Crippen LogP contribution in [0.2, 0.25) is 0 Å². The highest BCUT2D eigenvalue weighted by Crippen LogP contribution is 2.33. The molecular formula is C15H25NO4. The molecular weight excluding hydrogens is 258 g/mol. The van der Waals surface area contributed by atoms with Crippen LogP contribution in [-0.2, 0) is 14.3 Å². The van der Waals surface area contributed by atoms with Crippen molar-refractivity contribution in [2.45, 2.75) is 58.2 Å². The first kappa shape index (κ1) is 15.3. The maximum atomic E-state index is 12.7. The molecule has 0 aromatic heterocycles. The van der Waals surface area contributed by atoms with Gasteiger partial charge in [-0.3, -0.25) is 9.59 Å². The zero-order valence-electron chi connectivity index (χ0n) is 12.6. The average molecular weight is 283 g/mol. The van der Waals surface area contributed by atoms with Crippen LogP contribution in [0.25, 0.3) is 0 Å². The lowest BCUT2D eigenvalue weighted by atomic mass is 9.78. The lowest BCUT2D eigenvalue weighted by Gasteiger charge is -2.43. The zero-order chi connectivity index (χ0) is 14.9. The summed E-state index contributed by atoms with van der Waals surface area (Å²) in [5, 5.41) is 9.32. The lowest BCUT2D eigenvalue weighted by molar-refractivity contribution is -0.167. The van der Waals surface area contributed by atoms with Gasteiger partial charge in [-0.1, -0.05) is 12.8 Å². The number of nitrogens with zero attached hydrogens (tertiary/aromatic N) is 1. The van der Waals surface area contributed by atoms with E-state index in [4.69, 9.17) is 4.74 Å². The molecule has 0 bridgehead atoms. The number of ether oxygens (including phenoxy) is 1. The second kappa shape index (κ2) is 5.72. The van der Waals surface area contributed by atoms with Crippen LogP contribution < -0.4 is 0 Å². The van der Waals surface area contributed by atoms with Crippen molar-refractivity contribution in [1.29, 1.82) is 0 Å². The van der Waals surface area contributed by atoms with Crippen LogP contribution in [0.3, 0.4) is 0 Å². The Morgan fingerprint density at radius 2 is 1.80 bits per heavy atom.